The number of halogens is 9. The zero-order valence-corrected chi connectivity index (χ0v) is 19.5. The lowest BCUT2D eigenvalue weighted by Crippen LogP contribution is -2.40. The number of nitrogens with one attached hydrogen (secondary N) is 1. The van der Waals surface area contributed by atoms with Gasteiger partial charge >= 0.3 is 18.3 Å². The van der Waals surface area contributed by atoms with Crippen LogP contribution in [0.15, 0.2) is 28.8 Å². The summed E-state index contributed by atoms with van der Waals surface area (Å²) in [5.41, 5.74) is -6.89. The molecule has 0 saturated carbocycles. The highest BCUT2D eigenvalue weighted by Gasteiger charge is 2.64. The molecule has 0 spiro atoms. The zero-order chi connectivity index (χ0) is 28.2. The number of carbonyl (C=O) groups is 1. The van der Waals surface area contributed by atoms with Crippen LogP contribution in [0.2, 0.25) is 5.02 Å². The van der Waals surface area contributed by atoms with Gasteiger partial charge in [0.1, 0.15) is 17.0 Å². The third-order valence-corrected chi connectivity index (χ3v) is 5.94. The molecular weight excluding hydrogens is 560 g/mol. The predicted octanol–water partition coefficient (Wildman–Crippen LogP) is 4.91. The van der Waals surface area contributed by atoms with Crippen molar-refractivity contribution in [2.45, 2.75) is 37.0 Å². The lowest BCUT2D eigenvalue weighted by molar-refractivity contribution is -0.292. The minimum absolute atomic E-state index is 0.0376. The number of amides is 1. The van der Waals surface area contributed by atoms with E-state index in [1.807, 2.05) is 0 Å². The van der Waals surface area contributed by atoms with Crippen molar-refractivity contribution < 1.29 is 54.3 Å². The van der Waals surface area contributed by atoms with E-state index in [9.17, 15) is 45.0 Å². The van der Waals surface area contributed by atoms with Gasteiger partial charge in [0.2, 0.25) is 0 Å². The monoisotopic (exact) mass is 574 g/mol. The molecule has 17 heteroatoms. The summed E-state index contributed by atoms with van der Waals surface area (Å²) in [6.07, 6.45) is -13.0. The molecule has 8 nitrogen and oxygen atoms in total. The van der Waals surface area contributed by atoms with Crippen molar-refractivity contribution in [3.8, 4) is 22.7 Å². The Morgan fingerprint density at radius 2 is 1.84 bits per heavy atom. The van der Waals surface area contributed by atoms with Crippen molar-refractivity contribution in [2.24, 2.45) is 7.05 Å². The van der Waals surface area contributed by atoms with Crippen LogP contribution in [0.4, 0.5) is 35.1 Å². The van der Waals surface area contributed by atoms with Crippen LogP contribution in [-0.4, -0.2) is 51.1 Å². The summed E-state index contributed by atoms with van der Waals surface area (Å²) in [5, 5.41) is 18.4. The lowest BCUT2D eigenvalue weighted by Gasteiger charge is -2.19. The Kier molecular flexibility index (Phi) is 6.95. The highest BCUT2D eigenvalue weighted by atomic mass is 35.5. The van der Waals surface area contributed by atoms with Crippen LogP contribution in [0.25, 0.3) is 22.7 Å². The summed E-state index contributed by atoms with van der Waals surface area (Å²) in [7, 11) is 0.737. The van der Waals surface area contributed by atoms with Gasteiger partial charge in [-0.2, -0.15) is 40.2 Å². The van der Waals surface area contributed by atoms with Gasteiger partial charge in [-0.3, -0.25) is 9.48 Å². The first-order valence-corrected chi connectivity index (χ1v) is 10.9. The predicted molar refractivity (Wildman–Crippen MR) is 112 cm³/mol. The van der Waals surface area contributed by atoms with Crippen LogP contribution in [0, 0.1) is 0 Å². The smallest absolute Gasteiger partial charge is 0.366 e. The molecule has 1 fully saturated rings. The molecule has 1 aromatic carbocycles. The van der Waals surface area contributed by atoms with Crippen LogP contribution < -0.4 is 5.32 Å². The van der Waals surface area contributed by atoms with E-state index in [0.29, 0.717) is 6.42 Å². The first-order chi connectivity index (χ1) is 17.5. The van der Waals surface area contributed by atoms with Crippen molar-refractivity contribution in [1.82, 2.24) is 20.3 Å². The first-order valence-electron chi connectivity index (χ1n) is 10.5. The van der Waals surface area contributed by atoms with E-state index in [1.54, 1.807) is 0 Å². The molecule has 2 aromatic heterocycles. The highest BCUT2D eigenvalue weighted by Crippen LogP contribution is 2.50. The molecule has 3 heterocycles. The molecule has 38 heavy (non-hydrogen) atoms. The summed E-state index contributed by atoms with van der Waals surface area (Å²) in [4.78, 5) is 12.6. The molecular formula is C21H15ClF8N4O4. The van der Waals surface area contributed by atoms with Crippen molar-refractivity contribution >= 4 is 17.5 Å². The molecule has 1 amide bonds. The minimum Gasteiger partial charge on any atom is -0.366 e. The van der Waals surface area contributed by atoms with Crippen molar-refractivity contribution in [2.75, 3.05) is 6.61 Å². The first kappa shape index (κ1) is 27.8. The molecule has 2 N–H and O–H groups in total. The average molecular weight is 575 g/mol. The van der Waals surface area contributed by atoms with Gasteiger partial charge in [0.15, 0.2) is 17.7 Å². The summed E-state index contributed by atoms with van der Waals surface area (Å²) in [5.74, 6) is -6.92. The Balaban J connectivity index is 1.74. The molecule has 1 aliphatic heterocycles. The number of ether oxygens (including phenoxy) is 1. The van der Waals surface area contributed by atoms with E-state index in [0.717, 1.165) is 13.1 Å². The van der Waals surface area contributed by atoms with E-state index >= 15 is 0 Å². The third kappa shape index (κ3) is 4.94. The number of aliphatic hydroxyl groups excluding tert-OH is 1. The molecule has 2 unspecified atom stereocenters. The molecule has 1 saturated heterocycles. The fourth-order valence-electron chi connectivity index (χ4n) is 3.78. The van der Waals surface area contributed by atoms with Gasteiger partial charge in [0.25, 0.3) is 5.91 Å². The molecule has 0 aliphatic carbocycles. The van der Waals surface area contributed by atoms with Gasteiger partial charge in [0, 0.05) is 18.7 Å². The Morgan fingerprint density at radius 3 is 2.42 bits per heavy atom. The Labute approximate surface area is 212 Å². The van der Waals surface area contributed by atoms with Crippen molar-refractivity contribution in [3.63, 3.8) is 0 Å². The van der Waals surface area contributed by atoms with Gasteiger partial charge in [-0.05, 0) is 24.6 Å². The second-order valence-corrected chi connectivity index (χ2v) is 8.57. The number of carbonyl (C=O) groups excluding carboxylic acids is 1. The van der Waals surface area contributed by atoms with Gasteiger partial charge in [-0.1, -0.05) is 16.8 Å². The molecule has 206 valence electrons. The Hall–Kier alpha value is -3.24. The number of aliphatic hydroxyl groups is 1. The molecule has 0 radical (unpaired) electrons. The Morgan fingerprint density at radius 1 is 1.16 bits per heavy atom. The topological polar surface area (TPSA) is 102 Å². The SMILES string of the molecule is Cn1nc(C(F)(F)C(F)(F)F)c(C(F)(F)F)c1-c1cc(-c2ccc(Cl)c(C(=O)NC3CCOC3O)c2)on1. The summed E-state index contributed by atoms with van der Waals surface area (Å²) >= 11 is 6.08. The van der Waals surface area contributed by atoms with Gasteiger partial charge in [0.05, 0.1) is 23.2 Å². The molecule has 3 aromatic rings. The average Bonchev–Trinajstić information content (AvgIpc) is 3.52. The quantitative estimate of drug-likeness (QED) is 0.420. The zero-order valence-electron chi connectivity index (χ0n) is 18.8. The maximum absolute atomic E-state index is 13.9. The van der Waals surface area contributed by atoms with Gasteiger partial charge in [-0.15, -0.1) is 0 Å². The normalized spacial score (nSPS) is 18.7. The number of hydrogen-bond donors (Lipinski definition) is 2. The second-order valence-electron chi connectivity index (χ2n) is 8.17. The van der Waals surface area contributed by atoms with Crippen molar-refractivity contribution in [1.29, 1.82) is 0 Å². The van der Waals surface area contributed by atoms with Crippen LogP contribution in [0.3, 0.4) is 0 Å². The van der Waals surface area contributed by atoms with Crippen molar-refractivity contribution in [3.05, 3.63) is 46.1 Å². The number of aromatic nitrogens is 3. The molecule has 4 rings (SSSR count). The summed E-state index contributed by atoms with van der Waals surface area (Å²) < 4.78 is 118. The summed E-state index contributed by atoms with van der Waals surface area (Å²) in [6, 6.07) is 3.85. The number of hydrogen-bond acceptors (Lipinski definition) is 6. The molecule has 2 atom stereocenters. The van der Waals surface area contributed by atoms with E-state index in [-0.39, 0.29) is 33.2 Å². The standard InChI is InChI=1S/C21H15ClF8N4O4/c1-34-15(14(20(25,26)27)16(32-34)19(23,24)21(28,29)30)12-7-13(38-33-12)8-2-3-10(22)9(6-8)17(35)31-11-4-5-37-18(11)36/h2-3,6-7,11,18,36H,4-5H2,1H3,(H,31,35). The van der Waals surface area contributed by atoms with Crippen LogP contribution in [0.5, 0.6) is 0 Å². The largest absolute Gasteiger partial charge is 0.459 e. The number of aryl methyl sites for hydroxylation is 1. The second kappa shape index (κ2) is 9.50. The fourth-order valence-corrected chi connectivity index (χ4v) is 3.98. The van der Waals surface area contributed by atoms with Gasteiger partial charge in [-0.25, -0.2) is 0 Å². The number of rotatable bonds is 5. The summed E-state index contributed by atoms with van der Waals surface area (Å²) in [6.45, 7) is 0.200. The number of benzene rings is 1. The van der Waals surface area contributed by atoms with Crippen LogP contribution in [0.1, 0.15) is 28.0 Å². The van der Waals surface area contributed by atoms with E-state index in [4.69, 9.17) is 20.9 Å². The lowest BCUT2D eigenvalue weighted by atomic mass is 10.0. The van der Waals surface area contributed by atoms with Crippen LogP contribution in [-0.2, 0) is 23.9 Å². The maximum atomic E-state index is 13.9. The number of nitrogens with zero attached hydrogens (tertiary/aromatic N) is 3. The minimum atomic E-state index is -6.35. The third-order valence-electron chi connectivity index (χ3n) is 5.61. The molecule has 1 aliphatic rings. The van der Waals surface area contributed by atoms with Crippen LogP contribution >= 0.6 is 11.6 Å². The number of alkyl halides is 8. The Bertz CT molecular complexity index is 1370. The maximum Gasteiger partial charge on any atom is 0.459 e. The molecule has 0 bridgehead atoms. The van der Waals surface area contributed by atoms with E-state index in [1.165, 1.54) is 18.2 Å². The highest BCUT2D eigenvalue weighted by molar-refractivity contribution is 6.34. The van der Waals surface area contributed by atoms with E-state index in [2.05, 4.69) is 15.6 Å². The van der Waals surface area contributed by atoms with E-state index < -0.39 is 59.2 Å². The fraction of sp³-hybridized carbons (Fsp3) is 0.381. The van der Waals surface area contributed by atoms with Gasteiger partial charge < -0.3 is 19.7 Å².